The predicted octanol–water partition coefficient (Wildman–Crippen LogP) is 1.71. The number of rotatable bonds is 1. The van der Waals surface area contributed by atoms with Crippen molar-refractivity contribution >= 4 is 11.9 Å². The van der Waals surface area contributed by atoms with E-state index in [1.165, 1.54) is 6.92 Å². The van der Waals surface area contributed by atoms with Crippen LogP contribution in [0.1, 0.15) is 19.4 Å². The molecule has 1 aromatic rings. The Morgan fingerprint density at radius 2 is 2.25 bits per heavy atom. The molecule has 1 heterocycles. The van der Waals surface area contributed by atoms with Gasteiger partial charge in [0.2, 0.25) is 0 Å². The number of benzene rings is 1. The highest BCUT2D eigenvalue weighted by Gasteiger charge is 2.24. The molecule has 0 radical (unpaired) electrons. The molecule has 2 rings (SSSR count). The van der Waals surface area contributed by atoms with Crippen LogP contribution in [-0.4, -0.2) is 11.9 Å². The van der Waals surface area contributed by atoms with Gasteiger partial charge in [0.05, 0.1) is 5.92 Å². The van der Waals surface area contributed by atoms with Crippen molar-refractivity contribution in [1.82, 2.24) is 0 Å². The molecular formula is C12H12O4. The Morgan fingerprint density at radius 1 is 1.50 bits per heavy atom. The normalized spacial score (nSPS) is 18.6. The molecule has 4 heteroatoms. The van der Waals surface area contributed by atoms with Crippen molar-refractivity contribution in [2.24, 2.45) is 5.92 Å². The molecule has 4 nitrogen and oxygen atoms in total. The van der Waals surface area contributed by atoms with Crippen molar-refractivity contribution in [3.05, 3.63) is 23.8 Å². The number of carbonyl (C=O) groups is 2. The van der Waals surface area contributed by atoms with E-state index in [4.69, 9.17) is 9.47 Å². The third-order valence-corrected chi connectivity index (χ3v) is 2.43. The Bertz CT molecular complexity index is 450. The second-order valence-electron chi connectivity index (χ2n) is 3.89. The van der Waals surface area contributed by atoms with Gasteiger partial charge in [0.15, 0.2) is 0 Å². The first kappa shape index (κ1) is 10.7. The van der Waals surface area contributed by atoms with E-state index in [9.17, 15) is 9.59 Å². The maximum Gasteiger partial charge on any atom is 0.314 e. The first-order valence-corrected chi connectivity index (χ1v) is 5.09. The lowest BCUT2D eigenvalue weighted by Crippen LogP contribution is -2.25. The fraction of sp³-hybridized carbons (Fsp3) is 0.333. The van der Waals surface area contributed by atoms with Gasteiger partial charge >= 0.3 is 11.9 Å². The topological polar surface area (TPSA) is 52.6 Å². The van der Waals surface area contributed by atoms with Crippen LogP contribution in [-0.2, 0) is 16.0 Å². The molecule has 0 saturated heterocycles. The summed E-state index contributed by atoms with van der Waals surface area (Å²) in [6.45, 7) is 3.16. The molecule has 0 N–H and O–H groups in total. The van der Waals surface area contributed by atoms with Gasteiger partial charge < -0.3 is 9.47 Å². The Kier molecular flexibility index (Phi) is 2.64. The molecule has 1 unspecified atom stereocenters. The Hall–Kier alpha value is -1.84. The summed E-state index contributed by atoms with van der Waals surface area (Å²) in [5, 5.41) is 0. The molecule has 1 atom stereocenters. The van der Waals surface area contributed by atoms with Crippen LogP contribution in [0.15, 0.2) is 18.2 Å². The van der Waals surface area contributed by atoms with E-state index in [1.807, 2.05) is 6.92 Å². The average Bonchev–Trinajstić information content (AvgIpc) is 2.19. The van der Waals surface area contributed by atoms with Gasteiger partial charge in [0, 0.05) is 6.92 Å². The van der Waals surface area contributed by atoms with Crippen LogP contribution in [0.5, 0.6) is 11.5 Å². The van der Waals surface area contributed by atoms with Crippen molar-refractivity contribution in [3.8, 4) is 11.5 Å². The first-order chi connectivity index (χ1) is 7.56. The van der Waals surface area contributed by atoms with Crippen molar-refractivity contribution in [2.75, 3.05) is 0 Å². The van der Waals surface area contributed by atoms with E-state index < -0.39 is 0 Å². The van der Waals surface area contributed by atoms with Gasteiger partial charge in [-0.1, -0.05) is 6.92 Å². The number of esters is 2. The summed E-state index contributed by atoms with van der Waals surface area (Å²) in [5.41, 5.74) is 0.894. The van der Waals surface area contributed by atoms with Crippen molar-refractivity contribution in [3.63, 3.8) is 0 Å². The van der Waals surface area contributed by atoms with E-state index in [0.717, 1.165) is 5.56 Å². The number of hydrogen-bond acceptors (Lipinski definition) is 4. The van der Waals surface area contributed by atoms with E-state index in [2.05, 4.69) is 0 Å². The zero-order chi connectivity index (χ0) is 11.7. The standard InChI is InChI=1S/C12H12O4/c1-7-5-9-6-10(15-8(2)13)3-4-11(9)16-12(7)14/h3-4,6-7H,5H2,1-2H3. The zero-order valence-corrected chi connectivity index (χ0v) is 9.15. The molecule has 0 spiro atoms. The summed E-state index contributed by atoms with van der Waals surface area (Å²) < 4.78 is 10.1. The van der Waals surface area contributed by atoms with Crippen LogP contribution >= 0.6 is 0 Å². The zero-order valence-electron chi connectivity index (χ0n) is 9.15. The van der Waals surface area contributed by atoms with Crippen LogP contribution in [0, 0.1) is 5.92 Å². The minimum absolute atomic E-state index is 0.153. The molecule has 1 aliphatic rings. The van der Waals surface area contributed by atoms with Gasteiger partial charge in [-0.15, -0.1) is 0 Å². The SMILES string of the molecule is CC(=O)Oc1ccc2c(c1)CC(C)C(=O)O2. The monoisotopic (exact) mass is 220 g/mol. The summed E-state index contributed by atoms with van der Waals surface area (Å²) in [5.74, 6) is 0.309. The second-order valence-corrected chi connectivity index (χ2v) is 3.89. The third-order valence-electron chi connectivity index (χ3n) is 2.43. The number of fused-ring (bicyclic) bond motifs is 1. The molecule has 0 saturated carbocycles. The number of carbonyl (C=O) groups excluding carboxylic acids is 2. The van der Waals surface area contributed by atoms with Crippen LogP contribution in [0.25, 0.3) is 0 Å². The Labute approximate surface area is 93.2 Å². The molecule has 0 amide bonds. The largest absolute Gasteiger partial charge is 0.427 e. The van der Waals surface area contributed by atoms with E-state index in [1.54, 1.807) is 18.2 Å². The average molecular weight is 220 g/mol. The fourth-order valence-corrected chi connectivity index (χ4v) is 1.67. The summed E-state index contributed by atoms with van der Waals surface area (Å²) in [6, 6.07) is 5.00. The molecule has 0 aliphatic carbocycles. The Morgan fingerprint density at radius 3 is 2.94 bits per heavy atom. The van der Waals surface area contributed by atoms with Gasteiger partial charge in [0.25, 0.3) is 0 Å². The van der Waals surface area contributed by atoms with Crippen molar-refractivity contribution in [2.45, 2.75) is 20.3 Å². The molecular weight excluding hydrogens is 208 g/mol. The van der Waals surface area contributed by atoms with Gasteiger partial charge in [0.1, 0.15) is 11.5 Å². The lowest BCUT2D eigenvalue weighted by molar-refractivity contribution is -0.139. The van der Waals surface area contributed by atoms with Gasteiger partial charge in [-0.25, -0.2) is 0 Å². The lowest BCUT2D eigenvalue weighted by atomic mass is 9.98. The second kappa shape index (κ2) is 3.96. The molecule has 16 heavy (non-hydrogen) atoms. The quantitative estimate of drug-likeness (QED) is 0.534. The van der Waals surface area contributed by atoms with E-state index in [-0.39, 0.29) is 17.9 Å². The summed E-state index contributed by atoms with van der Waals surface area (Å²) in [4.78, 5) is 22.1. The van der Waals surface area contributed by atoms with E-state index >= 15 is 0 Å². The predicted molar refractivity (Wildman–Crippen MR) is 56.3 cm³/mol. The van der Waals surface area contributed by atoms with Crippen LogP contribution in [0.3, 0.4) is 0 Å². The highest BCUT2D eigenvalue weighted by atomic mass is 16.5. The summed E-state index contributed by atoms with van der Waals surface area (Å²) in [6.07, 6.45) is 0.614. The lowest BCUT2D eigenvalue weighted by Gasteiger charge is -2.20. The van der Waals surface area contributed by atoms with Gasteiger partial charge in [-0.2, -0.15) is 0 Å². The molecule has 1 aromatic carbocycles. The highest BCUT2D eigenvalue weighted by molar-refractivity contribution is 5.78. The van der Waals surface area contributed by atoms with Crippen LogP contribution in [0.4, 0.5) is 0 Å². The Balaban J connectivity index is 2.29. The first-order valence-electron chi connectivity index (χ1n) is 5.09. The minimum Gasteiger partial charge on any atom is -0.427 e. The van der Waals surface area contributed by atoms with Gasteiger partial charge in [-0.05, 0) is 30.2 Å². The van der Waals surface area contributed by atoms with Crippen LogP contribution in [0.2, 0.25) is 0 Å². The van der Waals surface area contributed by atoms with Crippen molar-refractivity contribution in [1.29, 1.82) is 0 Å². The number of hydrogen-bond donors (Lipinski definition) is 0. The maximum atomic E-state index is 11.3. The highest BCUT2D eigenvalue weighted by Crippen LogP contribution is 2.31. The smallest absolute Gasteiger partial charge is 0.314 e. The molecule has 1 aliphatic heterocycles. The minimum atomic E-state index is -0.360. The van der Waals surface area contributed by atoms with Crippen molar-refractivity contribution < 1.29 is 19.1 Å². The summed E-state index contributed by atoms with van der Waals surface area (Å²) in [7, 11) is 0. The van der Waals surface area contributed by atoms with E-state index in [0.29, 0.717) is 17.9 Å². The number of ether oxygens (including phenoxy) is 2. The molecule has 0 fully saturated rings. The molecule has 0 bridgehead atoms. The summed E-state index contributed by atoms with van der Waals surface area (Å²) >= 11 is 0. The third kappa shape index (κ3) is 2.05. The maximum absolute atomic E-state index is 11.3. The molecule has 84 valence electrons. The fourth-order valence-electron chi connectivity index (χ4n) is 1.67. The van der Waals surface area contributed by atoms with Gasteiger partial charge in [-0.3, -0.25) is 9.59 Å². The van der Waals surface area contributed by atoms with Crippen LogP contribution < -0.4 is 9.47 Å². The molecule has 0 aromatic heterocycles.